The Morgan fingerprint density at radius 2 is 1.55 bits per heavy atom. The average Bonchev–Trinajstić information content (AvgIpc) is 3.32. The summed E-state index contributed by atoms with van der Waals surface area (Å²) in [5.41, 5.74) is 0.759. The third-order valence-electron chi connectivity index (χ3n) is 4.53. The normalized spacial score (nSPS) is 19.4. The monoisotopic (exact) mass is 297 g/mol. The van der Waals surface area contributed by atoms with E-state index in [0.717, 1.165) is 43.3 Å². The van der Waals surface area contributed by atoms with E-state index in [2.05, 4.69) is 10.2 Å². The van der Waals surface area contributed by atoms with Crippen LogP contribution in [0.15, 0.2) is 34.7 Å². The Hall–Kier alpha value is -2.17. The third-order valence-corrected chi connectivity index (χ3v) is 4.53. The van der Waals surface area contributed by atoms with E-state index in [-0.39, 0.29) is 5.91 Å². The highest BCUT2D eigenvalue weighted by Gasteiger charge is 2.32. The van der Waals surface area contributed by atoms with Crippen molar-refractivity contribution in [3.63, 3.8) is 0 Å². The number of likely N-dealkylation sites (tertiary alicyclic amines) is 1. The molecule has 0 atom stereocenters. The zero-order valence-electron chi connectivity index (χ0n) is 12.4. The fourth-order valence-electron chi connectivity index (χ4n) is 3.00. The summed E-state index contributed by atoms with van der Waals surface area (Å²) in [6.45, 7) is 1.50. The predicted molar refractivity (Wildman–Crippen MR) is 80.6 cm³/mol. The van der Waals surface area contributed by atoms with Crippen LogP contribution in [0.1, 0.15) is 59.7 Å². The summed E-state index contributed by atoms with van der Waals surface area (Å²) in [7, 11) is 0. The lowest BCUT2D eigenvalue weighted by atomic mass is 9.96. The second-order valence-corrected chi connectivity index (χ2v) is 6.19. The van der Waals surface area contributed by atoms with Crippen molar-refractivity contribution in [3.05, 3.63) is 47.7 Å². The molecule has 2 heterocycles. The second-order valence-electron chi connectivity index (χ2n) is 6.19. The van der Waals surface area contributed by atoms with Crippen LogP contribution in [-0.2, 0) is 0 Å². The Labute approximate surface area is 129 Å². The molecule has 1 aliphatic carbocycles. The van der Waals surface area contributed by atoms with Crippen molar-refractivity contribution in [1.82, 2.24) is 15.1 Å². The van der Waals surface area contributed by atoms with Crippen molar-refractivity contribution >= 4 is 5.91 Å². The van der Waals surface area contributed by atoms with Crippen LogP contribution < -0.4 is 0 Å². The summed E-state index contributed by atoms with van der Waals surface area (Å²) < 4.78 is 5.80. The number of hydrogen-bond acceptors (Lipinski definition) is 4. The molecule has 1 aromatic carbocycles. The van der Waals surface area contributed by atoms with Crippen molar-refractivity contribution in [1.29, 1.82) is 0 Å². The second kappa shape index (κ2) is 5.55. The molecule has 0 spiro atoms. The molecule has 5 heteroatoms. The van der Waals surface area contributed by atoms with E-state index in [1.165, 1.54) is 12.8 Å². The van der Waals surface area contributed by atoms with Crippen molar-refractivity contribution in [2.75, 3.05) is 13.1 Å². The van der Waals surface area contributed by atoms with Gasteiger partial charge in [-0.3, -0.25) is 4.79 Å². The highest BCUT2D eigenvalue weighted by Crippen LogP contribution is 2.40. The molecule has 1 saturated carbocycles. The molecule has 1 aromatic heterocycles. The number of rotatable bonds is 3. The highest BCUT2D eigenvalue weighted by molar-refractivity contribution is 5.94. The molecule has 1 saturated heterocycles. The molecule has 0 N–H and O–H groups in total. The van der Waals surface area contributed by atoms with Gasteiger partial charge in [0.15, 0.2) is 0 Å². The van der Waals surface area contributed by atoms with E-state index < -0.39 is 0 Å². The Kier molecular flexibility index (Phi) is 3.41. The summed E-state index contributed by atoms with van der Waals surface area (Å²) in [6.07, 6.45) is 4.13. The molecule has 2 aromatic rings. The first-order valence-corrected chi connectivity index (χ1v) is 7.99. The van der Waals surface area contributed by atoms with E-state index in [9.17, 15) is 4.79 Å². The minimum absolute atomic E-state index is 0.114. The van der Waals surface area contributed by atoms with E-state index in [0.29, 0.717) is 11.8 Å². The van der Waals surface area contributed by atoms with Gasteiger partial charge in [0, 0.05) is 30.5 Å². The lowest BCUT2D eigenvalue weighted by Crippen LogP contribution is -2.37. The van der Waals surface area contributed by atoms with Crippen LogP contribution in [0.3, 0.4) is 0 Å². The van der Waals surface area contributed by atoms with E-state index in [4.69, 9.17) is 4.42 Å². The van der Waals surface area contributed by atoms with Crippen LogP contribution >= 0.6 is 0 Å². The number of benzene rings is 1. The molecular formula is C17H19N3O2. The summed E-state index contributed by atoms with van der Waals surface area (Å²) in [5, 5.41) is 8.37. The van der Waals surface area contributed by atoms with Crippen molar-refractivity contribution in [2.24, 2.45) is 0 Å². The van der Waals surface area contributed by atoms with Gasteiger partial charge in [-0.2, -0.15) is 0 Å². The van der Waals surface area contributed by atoms with Gasteiger partial charge in [-0.1, -0.05) is 18.2 Å². The van der Waals surface area contributed by atoms with Gasteiger partial charge in [-0.15, -0.1) is 10.2 Å². The molecular weight excluding hydrogens is 278 g/mol. The molecule has 1 amide bonds. The topological polar surface area (TPSA) is 59.2 Å². The van der Waals surface area contributed by atoms with Crippen LogP contribution in [0.2, 0.25) is 0 Å². The van der Waals surface area contributed by atoms with Gasteiger partial charge in [0.2, 0.25) is 11.8 Å². The number of carbonyl (C=O) groups excluding carboxylic acids is 1. The van der Waals surface area contributed by atoms with Crippen LogP contribution in [0.25, 0.3) is 0 Å². The summed E-state index contributed by atoms with van der Waals surface area (Å²) in [5.74, 6) is 2.47. The maximum Gasteiger partial charge on any atom is 0.253 e. The minimum Gasteiger partial charge on any atom is -0.425 e. The zero-order valence-corrected chi connectivity index (χ0v) is 12.4. The Balaban J connectivity index is 1.38. The molecule has 2 aliphatic rings. The van der Waals surface area contributed by atoms with Crippen molar-refractivity contribution < 1.29 is 9.21 Å². The smallest absolute Gasteiger partial charge is 0.253 e. The predicted octanol–water partition coefficient (Wildman–Crippen LogP) is 2.97. The van der Waals surface area contributed by atoms with Gasteiger partial charge in [0.1, 0.15) is 0 Å². The summed E-state index contributed by atoms with van der Waals surface area (Å²) >= 11 is 0. The van der Waals surface area contributed by atoms with Crippen LogP contribution in [0, 0.1) is 0 Å². The quantitative estimate of drug-likeness (QED) is 0.874. The largest absolute Gasteiger partial charge is 0.425 e. The first-order valence-electron chi connectivity index (χ1n) is 7.99. The van der Waals surface area contributed by atoms with E-state index in [1.54, 1.807) is 0 Å². The molecule has 1 aliphatic heterocycles. The number of aromatic nitrogens is 2. The third kappa shape index (κ3) is 2.63. The standard InChI is InChI=1S/C17H19N3O2/c21-17(14-4-2-1-3-5-14)20-10-8-13(9-11-20)16-19-18-15(22-16)12-6-7-12/h1-5,12-13H,6-11H2. The Morgan fingerprint density at radius 3 is 2.14 bits per heavy atom. The van der Waals surface area contributed by atoms with Gasteiger partial charge in [0.25, 0.3) is 5.91 Å². The van der Waals surface area contributed by atoms with Gasteiger partial charge in [-0.05, 0) is 37.8 Å². The first kappa shape index (κ1) is 13.5. The van der Waals surface area contributed by atoms with Crippen molar-refractivity contribution in [3.8, 4) is 0 Å². The van der Waals surface area contributed by atoms with Gasteiger partial charge < -0.3 is 9.32 Å². The Morgan fingerprint density at radius 1 is 0.955 bits per heavy atom. The van der Waals surface area contributed by atoms with Crippen LogP contribution in [-0.4, -0.2) is 34.1 Å². The molecule has 4 rings (SSSR count). The maximum atomic E-state index is 12.4. The number of nitrogens with zero attached hydrogens (tertiary/aromatic N) is 3. The number of hydrogen-bond donors (Lipinski definition) is 0. The molecule has 5 nitrogen and oxygen atoms in total. The van der Waals surface area contributed by atoms with Crippen LogP contribution in [0.5, 0.6) is 0 Å². The number of carbonyl (C=O) groups is 1. The molecule has 0 radical (unpaired) electrons. The van der Waals surface area contributed by atoms with E-state index in [1.807, 2.05) is 35.2 Å². The molecule has 0 unspecified atom stereocenters. The molecule has 114 valence electrons. The number of amides is 1. The molecule has 2 fully saturated rings. The molecule has 0 bridgehead atoms. The van der Waals surface area contributed by atoms with Gasteiger partial charge in [-0.25, -0.2) is 0 Å². The minimum atomic E-state index is 0.114. The fourth-order valence-corrected chi connectivity index (χ4v) is 3.00. The molecule has 22 heavy (non-hydrogen) atoms. The lowest BCUT2D eigenvalue weighted by molar-refractivity contribution is 0.0706. The lowest BCUT2D eigenvalue weighted by Gasteiger charge is -2.30. The zero-order chi connectivity index (χ0) is 14.9. The maximum absolute atomic E-state index is 12.4. The fraction of sp³-hybridized carbons (Fsp3) is 0.471. The number of piperidine rings is 1. The summed E-state index contributed by atoms with van der Waals surface area (Å²) in [6, 6.07) is 9.47. The summed E-state index contributed by atoms with van der Waals surface area (Å²) in [4.78, 5) is 14.3. The van der Waals surface area contributed by atoms with E-state index >= 15 is 0 Å². The van der Waals surface area contributed by atoms with Gasteiger partial charge >= 0.3 is 0 Å². The average molecular weight is 297 g/mol. The van der Waals surface area contributed by atoms with Gasteiger partial charge in [0.05, 0.1) is 0 Å². The Bertz CT molecular complexity index is 656. The highest BCUT2D eigenvalue weighted by atomic mass is 16.4. The van der Waals surface area contributed by atoms with Crippen LogP contribution in [0.4, 0.5) is 0 Å². The first-order chi connectivity index (χ1) is 10.8. The SMILES string of the molecule is O=C(c1ccccc1)N1CCC(c2nnc(C3CC3)o2)CC1. The van der Waals surface area contributed by atoms with Crippen molar-refractivity contribution in [2.45, 2.75) is 37.5 Å².